The number of aryl methyl sites for hydroxylation is 1. The van der Waals surface area contributed by atoms with Gasteiger partial charge in [-0.15, -0.1) is 34.0 Å². The van der Waals surface area contributed by atoms with Crippen LogP contribution in [0.3, 0.4) is 0 Å². The zero-order valence-corrected chi connectivity index (χ0v) is 12.9. The maximum Gasteiger partial charge on any atom is 0.0449 e. The summed E-state index contributed by atoms with van der Waals surface area (Å²) in [4.78, 5) is 6.90. The van der Waals surface area contributed by atoms with E-state index in [4.69, 9.17) is 5.73 Å². The summed E-state index contributed by atoms with van der Waals surface area (Å²) in [6.07, 6.45) is 2.18. The molecule has 0 aliphatic rings. The molecule has 2 N–H and O–H groups in total. The maximum absolute atomic E-state index is 5.56. The van der Waals surface area contributed by atoms with Gasteiger partial charge < -0.3 is 5.73 Å². The average molecular weight is 305 g/mol. The minimum absolute atomic E-state index is 0.773. The molecule has 4 heteroatoms. The van der Waals surface area contributed by atoms with Gasteiger partial charge in [0.25, 0.3) is 0 Å². The lowest BCUT2D eigenvalue weighted by Gasteiger charge is -1.93. The van der Waals surface area contributed by atoms with Crippen molar-refractivity contribution in [2.45, 2.75) is 12.8 Å². The number of hydrogen-bond acceptors (Lipinski definition) is 4. The number of hydrogen-bond donors (Lipinski definition) is 1. The highest BCUT2D eigenvalue weighted by Crippen LogP contribution is 2.39. The van der Waals surface area contributed by atoms with E-state index in [0.717, 1.165) is 19.4 Å². The fraction of sp³-hybridized carbons (Fsp3) is 0.200. The number of thiophene rings is 3. The molecule has 0 fully saturated rings. The van der Waals surface area contributed by atoms with Gasteiger partial charge in [0.1, 0.15) is 0 Å². The van der Waals surface area contributed by atoms with Gasteiger partial charge in [-0.1, -0.05) is 6.07 Å². The van der Waals surface area contributed by atoms with E-state index in [1.54, 1.807) is 11.3 Å². The molecule has 3 aromatic heterocycles. The van der Waals surface area contributed by atoms with E-state index in [9.17, 15) is 0 Å². The lowest BCUT2D eigenvalue weighted by Crippen LogP contribution is -1.98. The summed E-state index contributed by atoms with van der Waals surface area (Å²) in [5.41, 5.74) is 5.56. The molecule has 0 saturated heterocycles. The highest BCUT2D eigenvalue weighted by atomic mass is 32.1. The van der Waals surface area contributed by atoms with Crippen molar-refractivity contribution < 1.29 is 0 Å². The SMILES string of the molecule is NCCCc1ccc(-c2ccc(-c3cccs3)s2)s1. The fourth-order valence-electron chi connectivity index (χ4n) is 1.94. The Kier molecular flexibility index (Phi) is 4.13. The minimum atomic E-state index is 0.773. The van der Waals surface area contributed by atoms with Gasteiger partial charge in [0.15, 0.2) is 0 Å². The number of rotatable bonds is 5. The van der Waals surface area contributed by atoms with E-state index in [2.05, 4.69) is 41.8 Å². The first-order valence-corrected chi connectivity index (χ1v) is 8.81. The Morgan fingerprint density at radius 2 is 1.58 bits per heavy atom. The van der Waals surface area contributed by atoms with Gasteiger partial charge >= 0.3 is 0 Å². The number of nitrogens with two attached hydrogens (primary N) is 1. The topological polar surface area (TPSA) is 26.0 Å². The Morgan fingerprint density at radius 3 is 2.32 bits per heavy atom. The van der Waals surface area contributed by atoms with E-state index in [1.807, 2.05) is 22.7 Å². The summed E-state index contributed by atoms with van der Waals surface area (Å²) < 4.78 is 0. The summed E-state index contributed by atoms with van der Waals surface area (Å²) >= 11 is 5.57. The van der Waals surface area contributed by atoms with Crippen LogP contribution in [0.4, 0.5) is 0 Å². The molecule has 0 amide bonds. The van der Waals surface area contributed by atoms with Crippen LogP contribution < -0.4 is 5.73 Å². The van der Waals surface area contributed by atoms with Crippen LogP contribution in [0.15, 0.2) is 41.8 Å². The second-order valence-electron chi connectivity index (χ2n) is 4.30. The maximum atomic E-state index is 5.56. The fourth-order valence-corrected chi connectivity index (χ4v) is 4.92. The van der Waals surface area contributed by atoms with E-state index in [1.165, 1.54) is 24.4 Å². The average Bonchev–Trinajstić information content (AvgIpc) is 3.14. The van der Waals surface area contributed by atoms with Gasteiger partial charge in [-0.25, -0.2) is 0 Å². The van der Waals surface area contributed by atoms with Gasteiger partial charge in [-0.2, -0.15) is 0 Å². The summed E-state index contributed by atoms with van der Waals surface area (Å²) in [6.45, 7) is 0.773. The van der Waals surface area contributed by atoms with Crippen LogP contribution in [-0.4, -0.2) is 6.54 Å². The zero-order valence-electron chi connectivity index (χ0n) is 10.5. The van der Waals surface area contributed by atoms with Crippen LogP contribution in [0.5, 0.6) is 0 Å². The first-order chi connectivity index (χ1) is 9.36. The largest absolute Gasteiger partial charge is 0.330 e. The second kappa shape index (κ2) is 6.01. The Hall–Kier alpha value is -0.940. The summed E-state index contributed by atoms with van der Waals surface area (Å²) in [7, 11) is 0. The molecule has 0 aliphatic carbocycles. The third-order valence-electron chi connectivity index (χ3n) is 2.90. The molecular formula is C15H15NS3. The highest BCUT2D eigenvalue weighted by molar-refractivity contribution is 7.26. The summed E-state index contributed by atoms with van der Waals surface area (Å²) in [5, 5.41) is 2.13. The van der Waals surface area contributed by atoms with Crippen LogP contribution in [0.25, 0.3) is 19.5 Å². The minimum Gasteiger partial charge on any atom is -0.330 e. The van der Waals surface area contributed by atoms with Gasteiger partial charge in [0.05, 0.1) is 0 Å². The molecular weight excluding hydrogens is 290 g/mol. The monoisotopic (exact) mass is 305 g/mol. The van der Waals surface area contributed by atoms with Gasteiger partial charge in [0, 0.05) is 24.4 Å². The predicted octanol–water partition coefficient (Wildman–Crippen LogP) is 5.10. The molecule has 0 aliphatic heterocycles. The Morgan fingerprint density at radius 1 is 0.842 bits per heavy atom. The van der Waals surface area contributed by atoms with Crippen LogP contribution in [0.1, 0.15) is 11.3 Å². The molecule has 0 aromatic carbocycles. The Labute approximate surface area is 125 Å². The van der Waals surface area contributed by atoms with Crippen LogP contribution in [0, 0.1) is 0 Å². The lowest BCUT2D eigenvalue weighted by molar-refractivity contribution is 0.843. The van der Waals surface area contributed by atoms with Crippen LogP contribution in [0.2, 0.25) is 0 Å². The molecule has 0 bridgehead atoms. The van der Waals surface area contributed by atoms with Crippen molar-refractivity contribution in [2.75, 3.05) is 6.54 Å². The Bertz CT molecular complexity index is 634. The van der Waals surface area contributed by atoms with E-state index in [-0.39, 0.29) is 0 Å². The third kappa shape index (κ3) is 2.98. The summed E-state index contributed by atoms with van der Waals surface area (Å²) in [6, 6.07) is 13.2. The zero-order chi connectivity index (χ0) is 13.1. The standard InChI is InChI=1S/C15H15NS3/c16-9-1-3-11-5-6-14(18-11)15-8-7-13(19-15)12-4-2-10-17-12/h2,4-8,10H,1,3,9,16H2. The van der Waals surface area contributed by atoms with Crippen molar-refractivity contribution in [3.8, 4) is 19.5 Å². The first kappa shape index (κ1) is 13.1. The first-order valence-electron chi connectivity index (χ1n) is 6.29. The van der Waals surface area contributed by atoms with Crippen molar-refractivity contribution in [3.63, 3.8) is 0 Å². The quantitative estimate of drug-likeness (QED) is 0.697. The normalized spacial score (nSPS) is 11.0. The van der Waals surface area contributed by atoms with E-state index < -0.39 is 0 Å². The molecule has 3 heterocycles. The van der Waals surface area contributed by atoms with Crippen molar-refractivity contribution in [1.82, 2.24) is 0 Å². The van der Waals surface area contributed by atoms with Gasteiger partial charge in [-0.3, -0.25) is 0 Å². The van der Waals surface area contributed by atoms with E-state index >= 15 is 0 Å². The molecule has 0 unspecified atom stereocenters. The van der Waals surface area contributed by atoms with Gasteiger partial charge in [0.2, 0.25) is 0 Å². The van der Waals surface area contributed by atoms with Crippen LogP contribution in [-0.2, 0) is 6.42 Å². The Balaban J connectivity index is 1.81. The van der Waals surface area contributed by atoms with E-state index in [0.29, 0.717) is 0 Å². The molecule has 0 saturated carbocycles. The molecule has 0 atom stereocenters. The molecule has 3 aromatic rings. The van der Waals surface area contributed by atoms with Crippen molar-refractivity contribution >= 4 is 34.0 Å². The molecule has 3 rings (SSSR count). The molecule has 0 radical (unpaired) electrons. The van der Waals surface area contributed by atoms with Crippen molar-refractivity contribution in [3.05, 3.63) is 46.7 Å². The van der Waals surface area contributed by atoms with Gasteiger partial charge in [-0.05, 0) is 55.1 Å². The predicted molar refractivity (Wildman–Crippen MR) is 88.3 cm³/mol. The lowest BCUT2D eigenvalue weighted by atomic mass is 10.2. The van der Waals surface area contributed by atoms with Crippen molar-refractivity contribution in [1.29, 1.82) is 0 Å². The molecule has 1 nitrogen and oxygen atoms in total. The van der Waals surface area contributed by atoms with Crippen molar-refractivity contribution in [2.24, 2.45) is 5.73 Å². The highest BCUT2D eigenvalue weighted by Gasteiger charge is 2.08. The third-order valence-corrected chi connectivity index (χ3v) is 6.39. The summed E-state index contributed by atoms with van der Waals surface area (Å²) in [5.74, 6) is 0. The second-order valence-corrected chi connectivity index (χ2v) is 7.50. The van der Waals surface area contributed by atoms with Crippen LogP contribution >= 0.6 is 34.0 Å². The molecule has 0 spiro atoms. The molecule has 19 heavy (non-hydrogen) atoms. The molecule has 98 valence electrons. The smallest absolute Gasteiger partial charge is 0.0449 e.